The second kappa shape index (κ2) is 8.04. The van der Waals surface area contributed by atoms with E-state index in [0.29, 0.717) is 6.42 Å². The molecule has 2 atom stereocenters. The first-order chi connectivity index (χ1) is 7.52. The van der Waals surface area contributed by atoms with Crippen LogP contribution in [0.1, 0.15) is 20.3 Å². The largest absolute Gasteiger partial charge is 0.480 e. The highest BCUT2D eigenvalue weighted by atomic mass is 19.1. The highest BCUT2D eigenvalue weighted by Gasteiger charge is 2.24. The summed E-state index contributed by atoms with van der Waals surface area (Å²) in [4.78, 5) is 22.1. The van der Waals surface area contributed by atoms with Gasteiger partial charge in [-0.3, -0.25) is 4.79 Å². The molecule has 16 heavy (non-hydrogen) atoms. The van der Waals surface area contributed by atoms with Crippen molar-refractivity contribution in [3.05, 3.63) is 0 Å². The van der Waals surface area contributed by atoms with E-state index in [2.05, 4.69) is 10.1 Å². The Labute approximate surface area is 94.0 Å². The molecule has 0 radical (unpaired) electrons. The van der Waals surface area contributed by atoms with Crippen molar-refractivity contribution < 1.29 is 23.8 Å². The molecule has 0 aromatic carbocycles. The summed E-state index contributed by atoms with van der Waals surface area (Å²) in [6, 6.07) is -0.925. The van der Waals surface area contributed by atoms with Gasteiger partial charge >= 0.3 is 5.97 Å². The number of aliphatic carboxylic acids is 1. The predicted octanol–water partition coefficient (Wildman–Crippen LogP) is 0.588. The summed E-state index contributed by atoms with van der Waals surface area (Å²) in [6.07, 6.45) is 0.641. The van der Waals surface area contributed by atoms with Crippen LogP contribution in [0.4, 0.5) is 4.39 Å². The van der Waals surface area contributed by atoms with E-state index in [4.69, 9.17) is 5.11 Å². The Morgan fingerprint density at radius 2 is 2.12 bits per heavy atom. The number of hydrogen-bond donors (Lipinski definition) is 2. The molecular weight excluding hydrogens is 217 g/mol. The van der Waals surface area contributed by atoms with Gasteiger partial charge in [0, 0.05) is 0 Å². The lowest BCUT2D eigenvalue weighted by molar-refractivity contribution is -0.144. The number of amides is 1. The summed E-state index contributed by atoms with van der Waals surface area (Å²) in [5.41, 5.74) is 0. The number of carboxylic acids is 1. The third kappa shape index (κ3) is 5.65. The van der Waals surface area contributed by atoms with Crippen molar-refractivity contribution in [3.63, 3.8) is 0 Å². The van der Waals surface area contributed by atoms with Crippen molar-refractivity contribution in [3.8, 4) is 0 Å². The molecule has 0 rings (SSSR count). The monoisotopic (exact) mass is 235 g/mol. The molecule has 0 spiro atoms. The molecule has 0 fully saturated rings. The molecule has 0 aliphatic rings. The quantitative estimate of drug-likeness (QED) is 0.604. The summed E-state index contributed by atoms with van der Waals surface area (Å²) < 4.78 is 16.3. The zero-order valence-electron chi connectivity index (χ0n) is 9.53. The first-order valence-corrected chi connectivity index (χ1v) is 5.18. The molecule has 0 unspecified atom stereocenters. The van der Waals surface area contributed by atoms with Crippen molar-refractivity contribution in [1.82, 2.24) is 5.32 Å². The topological polar surface area (TPSA) is 75.6 Å². The minimum Gasteiger partial charge on any atom is -0.480 e. The second-order valence-electron chi connectivity index (χ2n) is 3.51. The Morgan fingerprint density at radius 1 is 1.50 bits per heavy atom. The second-order valence-corrected chi connectivity index (χ2v) is 3.51. The van der Waals surface area contributed by atoms with E-state index >= 15 is 0 Å². The van der Waals surface area contributed by atoms with Gasteiger partial charge in [-0.1, -0.05) is 20.3 Å². The van der Waals surface area contributed by atoms with E-state index in [-0.39, 0.29) is 19.1 Å². The van der Waals surface area contributed by atoms with Crippen molar-refractivity contribution in [2.24, 2.45) is 5.92 Å². The van der Waals surface area contributed by atoms with Crippen molar-refractivity contribution in [2.45, 2.75) is 26.3 Å². The number of ether oxygens (including phenoxy) is 1. The smallest absolute Gasteiger partial charge is 0.326 e. The maximum Gasteiger partial charge on any atom is 0.326 e. The number of halogens is 1. The maximum atomic E-state index is 11.7. The highest BCUT2D eigenvalue weighted by Crippen LogP contribution is 2.07. The Morgan fingerprint density at radius 3 is 2.56 bits per heavy atom. The molecule has 2 N–H and O–H groups in total. The van der Waals surface area contributed by atoms with Gasteiger partial charge in [0.15, 0.2) is 0 Å². The van der Waals surface area contributed by atoms with E-state index in [1.807, 2.05) is 6.92 Å². The molecular formula is C10H18FNO4. The van der Waals surface area contributed by atoms with Gasteiger partial charge in [-0.15, -0.1) is 0 Å². The molecule has 0 bridgehead atoms. The normalized spacial score (nSPS) is 14.2. The fourth-order valence-corrected chi connectivity index (χ4v) is 1.12. The van der Waals surface area contributed by atoms with E-state index in [1.165, 1.54) is 0 Å². The van der Waals surface area contributed by atoms with Gasteiger partial charge in [0.05, 0.1) is 6.61 Å². The Kier molecular flexibility index (Phi) is 7.45. The van der Waals surface area contributed by atoms with E-state index in [0.717, 1.165) is 0 Å². The van der Waals surface area contributed by atoms with E-state index in [1.54, 1.807) is 6.92 Å². The first kappa shape index (κ1) is 14.8. The zero-order valence-corrected chi connectivity index (χ0v) is 9.53. The van der Waals surface area contributed by atoms with Crippen LogP contribution >= 0.6 is 0 Å². The summed E-state index contributed by atoms with van der Waals surface area (Å²) in [6.45, 7) is 2.44. The standard InChI is InChI=1S/C10H18FNO4/c1-3-7(2)9(10(14)15)12-8(13)6-16-5-4-11/h7,9H,3-6H2,1-2H3,(H,12,13)(H,14,15)/t7-,9-/m0/s1. The summed E-state index contributed by atoms with van der Waals surface area (Å²) in [5.74, 6) is -1.78. The van der Waals surface area contributed by atoms with Crippen LogP contribution in [-0.2, 0) is 14.3 Å². The van der Waals surface area contributed by atoms with Crippen LogP contribution in [0, 0.1) is 5.92 Å². The lowest BCUT2D eigenvalue weighted by Crippen LogP contribution is -2.46. The Hall–Kier alpha value is -1.17. The van der Waals surface area contributed by atoms with Gasteiger partial charge in [0.2, 0.25) is 5.91 Å². The SMILES string of the molecule is CC[C@H](C)[C@H](NC(=O)COCCF)C(=O)O. The summed E-state index contributed by atoms with van der Waals surface area (Å²) >= 11 is 0. The first-order valence-electron chi connectivity index (χ1n) is 5.18. The van der Waals surface area contributed by atoms with Gasteiger partial charge in [-0.05, 0) is 5.92 Å². The van der Waals surface area contributed by atoms with Crippen LogP contribution in [0.5, 0.6) is 0 Å². The minimum atomic E-state index is -1.08. The molecule has 0 saturated carbocycles. The minimum absolute atomic E-state index is 0.158. The van der Waals surface area contributed by atoms with Crippen molar-refractivity contribution in [2.75, 3.05) is 19.9 Å². The third-order valence-electron chi connectivity index (χ3n) is 2.25. The van der Waals surface area contributed by atoms with Gasteiger partial charge in [0.1, 0.15) is 19.3 Å². The average molecular weight is 235 g/mol. The van der Waals surface area contributed by atoms with Crippen molar-refractivity contribution in [1.29, 1.82) is 0 Å². The van der Waals surface area contributed by atoms with Crippen LogP contribution in [-0.4, -0.2) is 42.9 Å². The number of alkyl halides is 1. The molecule has 1 amide bonds. The molecule has 0 aliphatic carbocycles. The van der Waals surface area contributed by atoms with E-state index in [9.17, 15) is 14.0 Å². The number of carboxylic acid groups (broad SMARTS) is 1. The molecule has 6 heteroatoms. The summed E-state index contributed by atoms with van der Waals surface area (Å²) in [7, 11) is 0. The van der Waals surface area contributed by atoms with Crippen LogP contribution in [0.15, 0.2) is 0 Å². The predicted molar refractivity (Wildman–Crippen MR) is 55.8 cm³/mol. The van der Waals surface area contributed by atoms with Crippen molar-refractivity contribution >= 4 is 11.9 Å². The van der Waals surface area contributed by atoms with Crippen LogP contribution < -0.4 is 5.32 Å². The van der Waals surface area contributed by atoms with Crippen LogP contribution in [0.3, 0.4) is 0 Å². The van der Waals surface area contributed by atoms with Crippen LogP contribution in [0.25, 0.3) is 0 Å². The van der Waals surface area contributed by atoms with Gasteiger partial charge in [-0.25, -0.2) is 9.18 Å². The average Bonchev–Trinajstić information content (AvgIpc) is 2.25. The maximum absolute atomic E-state index is 11.7. The van der Waals surface area contributed by atoms with Gasteiger partial charge in [-0.2, -0.15) is 0 Å². The molecule has 0 aliphatic heterocycles. The number of nitrogens with one attached hydrogen (secondary N) is 1. The lowest BCUT2D eigenvalue weighted by atomic mass is 9.99. The number of rotatable bonds is 8. The number of hydrogen-bond acceptors (Lipinski definition) is 3. The van der Waals surface area contributed by atoms with E-state index < -0.39 is 24.6 Å². The number of carbonyl (C=O) groups excluding carboxylic acids is 1. The fraction of sp³-hybridized carbons (Fsp3) is 0.800. The highest BCUT2D eigenvalue weighted by molar-refractivity contribution is 5.84. The van der Waals surface area contributed by atoms with Crippen LogP contribution in [0.2, 0.25) is 0 Å². The fourth-order valence-electron chi connectivity index (χ4n) is 1.12. The van der Waals surface area contributed by atoms with Gasteiger partial charge in [0.25, 0.3) is 0 Å². The zero-order chi connectivity index (χ0) is 12.6. The number of carbonyl (C=O) groups is 2. The molecule has 5 nitrogen and oxygen atoms in total. The summed E-state index contributed by atoms with van der Waals surface area (Å²) in [5, 5.41) is 11.2. The molecule has 0 saturated heterocycles. The molecule has 0 aromatic heterocycles. The molecule has 0 aromatic rings. The Balaban J connectivity index is 4.09. The lowest BCUT2D eigenvalue weighted by Gasteiger charge is -2.19. The molecule has 0 heterocycles. The third-order valence-corrected chi connectivity index (χ3v) is 2.25. The van der Waals surface area contributed by atoms with Gasteiger partial charge < -0.3 is 15.2 Å². The molecule has 94 valence electrons. The Bertz CT molecular complexity index is 235.